The average molecular weight is 361 g/mol. The monoisotopic (exact) mass is 361 g/mol. The minimum Gasteiger partial charge on any atom is -0.494 e. The second kappa shape index (κ2) is 10.2. The molecule has 6 heteroatoms. The van der Waals surface area contributed by atoms with Gasteiger partial charge in [-0.1, -0.05) is 0 Å². The van der Waals surface area contributed by atoms with Crippen LogP contribution in [0, 0.1) is 11.8 Å². The topological polar surface area (TPSA) is 70.7 Å². The van der Waals surface area contributed by atoms with Crippen molar-refractivity contribution in [3.63, 3.8) is 0 Å². The summed E-state index contributed by atoms with van der Waals surface area (Å²) in [6.45, 7) is 4.07. The molecule has 1 aliphatic rings. The van der Waals surface area contributed by atoms with Gasteiger partial charge < -0.3 is 20.3 Å². The van der Waals surface area contributed by atoms with Crippen LogP contribution in [0.15, 0.2) is 24.3 Å². The van der Waals surface area contributed by atoms with E-state index in [0.717, 1.165) is 43.7 Å². The Kier molecular flexibility index (Phi) is 7.91. The number of rotatable bonds is 8. The highest BCUT2D eigenvalue weighted by Crippen LogP contribution is 2.30. The minimum atomic E-state index is -0.0209. The molecule has 1 aromatic rings. The predicted molar refractivity (Wildman–Crippen MR) is 103 cm³/mol. The zero-order valence-electron chi connectivity index (χ0n) is 16.1. The third-order valence-corrected chi connectivity index (χ3v) is 4.76. The maximum atomic E-state index is 12.5. The van der Waals surface area contributed by atoms with Crippen molar-refractivity contribution in [3.05, 3.63) is 24.3 Å². The Hall–Kier alpha value is -2.08. The van der Waals surface area contributed by atoms with Crippen LogP contribution in [0.2, 0.25) is 0 Å². The normalized spacial score (nSPS) is 19.8. The van der Waals surface area contributed by atoms with Gasteiger partial charge in [-0.15, -0.1) is 0 Å². The molecule has 1 fully saturated rings. The van der Waals surface area contributed by atoms with E-state index in [9.17, 15) is 9.59 Å². The van der Waals surface area contributed by atoms with Crippen molar-refractivity contribution in [2.75, 3.05) is 39.1 Å². The molecule has 0 bridgehead atoms. The standard InChI is InChI=1S/C20H31N3O3/c1-4-26-18-11-9-17(10-12-18)22-20(25)16-7-5-15(6-8-16)19(24)21-13-14-23(2)3/h9-12,15-16H,4-8,13-14H2,1-3H3,(H,21,24)(H,22,25). The van der Waals surface area contributed by atoms with E-state index in [2.05, 4.69) is 10.6 Å². The highest BCUT2D eigenvalue weighted by molar-refractivity contribution is 5.92. The first-order valence-electron chi connectivity index (χ1n) is 9.45. The van der Waals surface area contributed by atoms with Gasteiger partial charge in [-0.3, -0.25) is 9.59 Å². The van der Waals surface area contributed by atoms with Crippen molar-refractivity contribution in [1.82, 2.24) is 10.2 Å². The third kappa shape index (κ3) is 6.33. The number of likely N-dealkylation sites (N-methyl/N-ethyl adjacent to an activating group) is 1. The molecule has 0 spiro atoms. The van der Waals surface area contributed by atoms with Crippen LogP contribution < -0.4 is 15.4 Å². The lowest BCUT2D eigenvalue weighted by Gasteiger charge is -2.27. The average Bonchev–Trinajstić information content (AvgIpc) is 2.63. The summed E-state index contributed by atoms with van der Waals surface area (Å²) < 4.78 is 5.40. The molecule has 2 rings (SSSR count). The van der Waals surface area contributed by atoms with E-state index in [0.29, 0.717) is 13.2 Å². The largest absolute Gasteiger partial charge is 0.494 e. The molecule has 2 amide bonds. The number of carbonyl (C=O) groups excluding carboxylic acids is 2. The molecule has 1 aromatic carbocycles. The van der Waals surface area contributed by atoms with Crippen LogP contribution in [0.5, 0.6) is 5.75 Å². The third-order valence-electron chi connectivity index (χ3n) is 4.76. The summed E-state index contributed by atoms with van der Waals surface area (Å²) in [5, 5.41) is 5.96. The maximum Gasteiger partial charge on any atom is 0.227 e. The quantitative estimate of drug-likeness (QED) is 0.746. The van der Waals surface area contributed by atoms with Crippen LogP contribution >= 0.6 is 0 Å². The molecular weight excluding hydrogens is 330 g/mol. The van der Waals surface area contributed by atoms with E-state index < -0.39 is 0 Å². The molecule has 0 radical (unpaired) electrons. The second-order valence-corrected chi connectivity index (χ2v) is 7.09. The van der Waals surface area contributed by atoms with Gasteiger partial charge in [0.1, 0.15) is 5.75 Å². The summed E-state index contributed by atoms with van der Waals surface area (Å²) in [5.74, 6) is 0.975. The number of carbonyl (C=O) groups is 2. The fraction of sp³-hybridized carbons (Fsp3) is 0.600. The molecular formula is C20H31N3O3. The molecule has 1 saturated carbocycles. The first-order chi connectivity index (χ1) is 12.5. The maximum absolute atomic E-state index is 12.5. The zero-order valence-corrected chi connectivity index (χ0v) is 16.1. The van der Waals surface area contributed by atoms with Crippen molar-refractivity contribution < 1.29 is 14.3 Å². The molecule has 0 heterocycles. The molecule has 0 aliphatic heterocycles. The number of ether oxygens (including phenoxy) is 1. The lowest BCUT2D eigenvalue weighted by Crippen LogP contribution is -2.38. The highest BCUT2D eigenvalue weighted by Gasteiger charge is 2.29. The molecule has 26 heavy (non-hydrogen) atoms. The van der Waals surface area contributed by atoms with Gasteiger partial charge >= 0.3 is 0 Å². The molecule has 0 aromatic heterocycles. The van der Waals surface area contributed by atoms with Crippen LogP contribution in [-0.4, -0.2) is 50.5 Å². The van der Waals surface area contributed by atoms with Gasteiger partial charge in [-0.05, 0) is 71.0 Å². The predicted octanol–water partition coefficient (Wildman–Crippen LogP) is 2.51. The van der Waals surface area contributed by atoms with E-state index in [-0.39, 0.29) is 23.7 Å². The summed E-state index contributed by atoms with van der Waals surface area (Å²) in [6, 6.07) is 7.42. The Bertz CT molecular complexity index is 578. The van der Waals surface area contributed by atoms with Gasteiger partial charge in [0.2, 0.25) is 11.8 Å². The van der Waals surface area contributed by atoms with Gasteiger partial charge in [0.15, 0.2) is 0 Å². The molecule has 144 valence electrons. The highest BCUT2D eigenvalue weighted by atomic mass is 16.5. The van der Waals surface area contributed by atoms with E-state index >= 15 is 0 Å². The summed E-state index contributed by atoms with van der Waals surface area (Å²) in [7, 11) is 3.97. The summed E-state index contributed by atoms with van der Waals surface area (Å²) in [5.41, 5.74) is 0.780. The van der Waals surface area contributed by atoms with Crippen molar-refractivity contribution in [3.8, 4) is 5.75 Å². The molecule has 6 nitrogen and oxygen atoms in total. The lowest BCUT2D eigenvalue weighted by molar-refractivity contribution is -0.128. The van der Waals surface area contributed by atoms with E-state index in [1.54, 1.807) is 0 Å². The van der Waals surface area contributed by atoms with Crippen molar-refractivity contribution in [1.29, 1.82) is 0 Å². The Morgan fingerprint density at radius 2 is 1.62 bits per heavy atom. The molecule has 0 atom stereocenters. The molecule has 0 saturated heterocycles. The summed E-state index contributed by atoms with van der Waals surface area (Å²) in [4.78, 5) is 26.7. The summed E-state index contributed by atoms with van der Waals surface area (Å²) >= 11 is 0. The van der Waals surface area contributed by atoms with Crippen LogP contribution in [0.3, 0.4) is 0 Å². The smallest absolute Gasteiger partial charge is 0.227 e. The van der Waals surface area contributed by atoms with Crippen molar-refractivity contribution >= 4 is 17.5 Å². The first kappa shape index (κ1) is 20.2. The van der Waals surface area contributed by atoms with Crippen LogP contribution in [0.4, 0.5) is 5.69 Å². The number of nitrogens with one attached hydrogen (secondary N) is 2. The van der Waals surface area contributed by atoms with Gasteiger partial charge in [0.05, 0.1) is 6.61 Å². The Morgan fingerprint density at radius 3 is 2.15 bits per heavy atom. The van der Waals surface area contributed by atoms with E-state index in [1.807, 2.05) is 50.2 Å². The molecule has 2 N–H and O–H groups in total. The molecule has 0 unspecified atom stereocenters. The number of amides is 2. The van der Waals surface area contributed by atoms with Gasteiger partial charge in [-0.25, -0.2) is 0 Å². The molecule has 1 aliphatic carbocycles. The number of nitrogens with zero attached hydrogens (tertiary/aromatic N) is 1. The van der Waals surface area contributed by atoms with Crippen LogP contribution in [-0.2, 0) is 9.59 Å². The number of hydrogen-bond acceptors (Lipinski definition) is 4. The fourth-order valence-corrected chi connectivity index (χ4v) is 3.21. The van der Waals surface area contributed by atoms with E-state index in [4.69, 9.17) is 4.74 Å². The second-order valence-electron chi connectivity index (χ2n) is 7.09. The number of anilines is 1. The van der Waals surface area contributed by atoms with Crippen LogP contribution in [0.25, 0.3) is 0 Å². The number of benzene rings is 1. The SMILES string of the molecule is CCOc1ccc(NC(=O)C2CCC(C(=O)NCCN(C)C)CC2)cc1. The Balaban J connectivity index is 1.74. The number of hydrogen-bond donors (Lipinski definition) is 2. The van der Waals surface area contributed by atoms with Crippen molar-refractivity contribution in [2.24, 2.45) is 11.8 Å². The zero-order chi connectivity index (χ0) is 18.9. The van der Waals surface area contributed by atoms with Crippen molar-refractivity contribution in [2.45, 2.75) is 32.6 Å². The Morgan fingerprint density at radius 1 is 1.04 bits per heavy atom. The summed E-state index contributed by atoms with van der Waals surface area (Å²) in [6.07, 6.45) is 3.06. The minimum absolute atomic E-state index is 0.0209. The van der Waals surface area contributed by atoms with E-state index in [1.165, 1.54) is 0 Å². The van der Waals surface area contributed by atoms with Crippen LogP contribution in [0.1, 0.15) is 32.6 Å². The lowest BCUT2D eigenvalue weighted by atomic mass is 9.81. The van der Waals surface area contributed by atoms with Gasteiger partial charge in [0, 0.05) is 30.6 Å². The fourth-order valence-electron chi connectivity index (χ4n) is 3.21. The van der Waals surface area contributed by atoms with Gasteiger partial charge in [-0.2, -0.15) is 0 Å². The first-order valence-corrected chi connectivity index (χ1v) is 9.45. The van der Waals surface area contributed by atoms with Gasteiger partial charge in [0.25, 0.3) is 0 Å². The Labute approximate surface area is 156 Å².